The Hall–Kier alpha value is -3.59. The van der Waals surface area contributed by atoms with Crippen molar-refractivity contribution in [2.45, 2.75) is 58.2 Å². The minimum Gasteiger partial charge on any atom is -0.444 e. The summed E-state index contributed by atoms with van der Waals surface area (Å²) in [5.74, 6) is -0.651. The van der Waals surface area contributed by atoms with Gasteiger partial charge in [-0.3, -0.25) is 14.8 Å². The number of hydrogen-bond acceptors (Lipinski definition) is 6. The number of fused-ring (bicyclic) bond motifs is 1. The van der Waals surface area contributed by atoms with E-state index in [1.807, 2.05) is 57.2 Å². The molecule has 2 aromatic rings. The summed E-state index contributed by atoms with van der Waals surface area (Å²) >= 11 is 0. The molecule has 0 radical (unpaired) electrons. The number of benzene rings is 2. The molecule has 4 N–H and O–H groups in total. The third-order valence-corrected chi connectivity index (χ3v) is 5.39. The van der Waals surface area contributed by atoms with E-state index in [4.69, 9.17) is 9.94 Å². The summed E-state index contributed by atoms with van der Waals surface area (Å²) in [6.07, 6.45) is 1.61. The summed E-state index contributed by atoms with van der Waals surface area (Å²) in [6, 6.07) is 14.2. The lowest BCUT2D eigenvalue weighted by molar-refractivity contribution is -0.117. The van der Waals surface area contributed by atoms with Crippen molar-refractivity contribution in [3.63, 3.8) is 0 Å². The molecule has 9 heteroatoms. The van der Waals surface area contributed by atoms with E-state index in [0.717, 1.165) is 23.4 Å². The highest BCUT2D eigenvalue weighted by Gasteiger charge is 2.32. The smallest absolute Gasteiger partial charge is 0.407 e. The van der Waals surface area contributed by atoms with Gasteiger partial charge in [-0.25, -0.2) is 10.3 Å². The number of alkyl carbamates (subject to hydrolysis) is 1. The fourth-order valence-corrected chi connectivity index (χ4v) is 3.83. The third-order valence-electron chi connectivity index (χ3n) is 5.39. The van der Waals surface area contributed by atoms with Crippen molar-refractivity contribution in [1.82, 2.24) is 10.8 Å². The Morgan fingerprint density at radius 2 is 1.79 bits per heavy atom. The second-order valence-electron chi connectivity index (χ2n) is 9.21. The van der Waals surface area contributed by atoms with Crippen molar-refractivity contribution in [1.29, 1.82) is 0 Å². The highest BCUT2D eigenvalue weighted by Crippen LogP contribution is 2.34. The predicted molar refractivity (Wildman–Crippen MR) is 129 cm³/mol. The van der Waals surface area contributed by atoms with Crippen LogP contribution in [0.3, 0.4) is 0 Å². The van der Waals surface area contributed by atoms with Gasteiger partial charge in [0.05, 0.1) is 11.4 Å². The first kappa shape index (κ1) is 25.0. The summed E-state index contributed by atoms with van der Waals surface area (Å²) in [4.78, 5) is 38.4. The summed E-state index contributed by atoms with van der Waals surface area (Å²) in [6.45, 7) is 6.39. The van der Waals surface area contributed by atoms with Crippen LogP contribution in [0.25, 0.3) is 0 Å². The number of anilines is 2. The number of nitrogens with one attached hydrogen (secondary N) is 3. The molecule has 3 amide bonds. The van der Waals surface area contributed by atoms with Crippen LogP contribution in [0.2, 0.25) is 0 Å². The normalized spacial score (nSPS) is 15.2. The zero-order valence-corrected chi connectivity index (χ0v) is 19.8. The maximum atomic E-state index is 12.9. The van der Waals surface area contributed by atoms with E-state index in [9.17, 15) is 14.4 Å². The fourth-order valence-electron chi connectivity index (χ4n) is 3.83. The summed E-state index contributed by atoms with van der Waals surface area (Å²) < 4.78 is 5.24. The van der Waals surface area contributed by atoms with Crippen LogP contribution in [0.1, 0.15) is 56.0 Å². The first-order chi connectivity index (χ1) is 16.2. The van der Waals surface area contributed by atoms with Crippen molar-refractivity contribution in [2.24, 2.45) is 0 Å². The van der Waals surface area contributed by atoms with Gasteiger partial charge in [-0.05, 0) is 69.9 Å². The maximum absolute atomic E-state index is 12.9. The number of nitrogens with zero attached hydrogens (tertiary/aromatic N) is 1. The minimum atomic E-state index is -0.577. The lowest BCUT2D eigenvalue weighted by Crippen LogP contribution is -2.47. The number of hydroxylamine groups is 1. The minimum absolute atomic E-state index is 0.0740. The average Bonchev–Trinajstić information content (AvgIpc) is 2.79. The topological polar surface area (TPSA) is 120 Å². The molecule has 0 aliphatic carbocycles. The van der Waals surface area contributed by atoms with E-state index >= 15 is 0 Å². The molecule has 3 rings (SSSR count). The van der Waals surface area contributed by atoms with E-state index in [-0.39, 0.29) is 11.9 Å². The monoisotopic (exact) mass is 468 g/mol. The molecule has 1 heterocycles. The van der Waals surface area contributed by atoms with E-state index in [1.54, 1.807) is 17.6 Å². The molecule has 182 valence electrons. The summed E-state index contributed by atoms with van der Waals surface area (Å²) in [7, 11) is 0. The molecule has 9 nitrogen and oxygen atoms in total. The van der Waals surface area contributed by atoms with Crippen LogP contribution in [0.15, 0.2) is 48.5 Å². The Kier molecular flexibility index (Phi) is 8.12. The van der Waals surface area contributed by atoms with Gasteiger partial charge in [-0.15, -0.1) is 0 Å². The van der Waals surface area contributed by atoms with Gasteiger partial charge >= 0.3 is 6.09 Å². The highest BCUT2D eigenvalue weighted by molar-refractivity contribution is 6.03. The van der Waals surface area contributed by atoms with Gasteiger partial charge in [0.2, 0.25) is 5.91 Å². The van der Waals surface area contributed by atoms with Crippen LogP contribution in [0, 0.1) is 0 Å². The molecule has 0 aromatic heterocycles. The first-order valence-corrected chi connectivity index (χ1v) is 11.3. The molecule has 1 aliphatic heterocycles. The van der Waals surface area contributed by atoms with Gasteiger partial charge in [-0.2, -0.15) is 0 Å². The van der Waals surface area contributed by atoms with E-state index in [2.05, 4.69) is 15.5 Å². The van der Waals surface area contributed by atoms with Gasteiger partial charge < -0.3 is 20.3 Å². The molecule has 0 fully saturated rings. The highest BCUT2D eigenvalue weighted by atomic mass is 16.6. The Bertz CT molecular complexity index is 1020. The molecule has 0 saturated heterocycles. The number of carbonyl (C=O) groups excluding carboxylic acids is 3. The molecular weight excluding hydrogens is 436 g/mol. The first-order valence-electron chi connectivity index (χ1n) is 11.3. The Morgan fingerprint density at radius 3 is 2.47 bits per heavy atom. The van der Waals surface area contributed by atoms with Gasteiger partial charge in [0.1, 0.15) is 11.6 Å². The number of unbranched alkanes of at least 4 members (excludes halogenated alkanes) is 1. The number of ether oxygens (including phenoxy) is 1. The lowest BCUT2D eigenvalue weighted by atomic mass is 10.0. The quantitative estimate of drug-likeness (QED) is 0.266. The second-order valence-corrected chi connectivity index (χ2v) is 9.21. The molecule has 1 aliphatic rings. The lowest BCUT2D eigenvalue weighted by Gasteiger charge is -2.38. The number of carbonyl (C=O) groups is 3. The Morgan fingerprint density at radius 1 is 1.09 bits per heavy atom. The molecule has 0 bridgehead atoms. The van der Waals surface area contributed by atoms with Crippen LogP contribution in [-0.4, -0.2) is 41.3 Å². The predicted octanol–water partition coefficient (Wildman–Crippen LogP) is 3.83. The molecule has 0 saturated carbocycles. The maximum Gasteiger partial charge on any atom is 0.407 e. The zero-order chi connectivity index (χ0) is 24.7. The number of hydrogen-bond donors (Lipinski definition) is 4. The molecule has 34 heavy (non-hydrogen) atoms. The third kappa shape index (κ3) is 6.71. The molecule has 1 atom stereocenters. The molecule has 2 aromatic carbocycles. The number of rotatable bonds is 8. The van der Waals surface area contributed by atoms with E-state index < -0.39 is 17.6 Å². The standard InChI is InChI=1S/C25H32N4O5/c1-25(2,3)34-24(32)26-15-7-6-10-21-23(31)27-19-8-4-5-9-20(19)29(21)16-17-11-13-18(14-12-17)22(30)28-33/h4-5,8-9,11-14,21,33H,6-7,10,15-16H2,1-3H3,(H,26,32)(H,27,31)(H,28,30). The zero-order valence-electron chi connectivity index (χ0n) is 19.8. The fraction of sp³-hybridized carbons (Fsp3) is 0.400. The van der Waals surface area contributed by atoms with Crippen LogP contribution < -0.4 is 21.0 Å². The van der Waals surface area contributed by atoms with Gasteiger partial charge in [0, 0.05) is 18.7 Å². The molecule has 0 spiro atoms. The SMILES string of the molecule is CC(C)(C)OC(=O)NCCCCC1C(=O)Nc2ccccc2N1Cc1ccc(C(=O)NO)cc1. The van der Waals surface area contributed by atoms with Crippen LogP contribution in [0.4, 0.5) is 16.2 Å². The van der Waals surface area contributed by atoms with Crippen molar-refractivity contribution in [2.75, 3.05) is 16.8 Å². The van der Waals surface area contributed by atoms with Crippen molar-refractivity contribution < 1.29 is 24.3 Å². The Labute approximate surface area is 199 Å². The van der Waals surface area contributed by atoms with Crippen molar-refractivity contribution in [3.05, 3.63) is 59.7 Å². The van der Waals surface area contributed by atoms with Crippen molar-refractivity contribution in [3.8, 4) is 0 Å². The Balaban J connectivity index is 1.65. The van der Waals surface area contributed by atoms with Crippen LogP contribution in [0.5, 0.6) is 0 Å². The summed E-state index contributed by atoms with van der Waals surface area (Å²) in [5, 5.41) is 14.5. The van der Waals surface area contributed by atoms with Crippen LogP contribution in [-0.2, 0) is 16.1 Å². The molecule has 1 unspecified atom stereocenters. The number of amides is 3. The second kappa shape index (κ2) is 11.0. The van der Waals surface area contributed by atoms with Gasteiger partial charge in [-0.1, -0.05) is 24.3 Å². The number of para-hydroxylation sites is 2. The average molecular weight is 469 g/mol. The van der Waals surface area contributed by atoms with Crippen LogP contribution >= 0.6 is 0 Å². The molecular formula is C25H32N4O5. The van der Waals surface area contributed by atoms with Gasteiger partial charge in [0.25, 0.3) is 5.91 Å². The van der Waals surface area contributed by atoms with E-state index in [1.165, 1.54) is 0 Å². The van der Waals surface area contributed by atoms with Crippen molar-refractivity contribution >= 4 is 29.3 Å². The summed E-state index contributed by atoms with van der Waals surface area (Å²) in [5.41, 5.74) is 4.03. The van der Waals surface area contributed by atoms with E-state index in [0.29, 0.717) is 31.5 Å². The van der Waals surface area contributed by atoms with Gasteiger partial charge in [0.15, 0.2) is 0 Å². The largest absolute Gasteiger partial charge is 0.444 e.